The second-order valence-electron chi connectivity index (χ2n) is 6.20. The average Bonchev–Trinajstić information content (AvgIpc) is 2.09. The van der Waals surface area contributed by atoms with E-state index in [9.17, 15) is 9.59 Å². The molecule has 3 heteroatoms. The minimum Gasteiger partial charge on any atom is -0.349 e. The van der Waals surface area contributed by atoms with Crippen LogP contribution in [0.3, 0.4) is 0 Å². The Labute approximate surface area is 99.0 Å². The highest BCUT2D eigenvalue weighted by Crippen LogP contribution is 2.33. The number of ketones is 1. The molecule has 0 unspecified atom stereocenters. The molecule has 0 spiro atoms. The van der Waals surface area contributed by atoms with Crippen LogP contribution in [0.4, 0.5) is 0 Å². The summed E-state index contributed by atoms with van der Waals surface area (Å²) >= 11 is 0. The highest BCUT2D eigenvalue weighted by atomic mass is 16.2. The van der Waals surface area contributed by atoms with Crippen molar-refractivity contribution in [2.45, 2.75) is 54.4 Å². The van der Waals surface area contributed by atoms with E-state index in [0.717, 1.165) is 6.42 Å². The van der Waals surface area contributed by atoms with Crippen LogP contribution in [0.25, 0.3) is 0 Å². The molecule has 0 aromatic rings. The molecule has 3 nitrogen and oxygen atoms in total. The molecule has 0 saturated heterocycles. The van der Waals surface area contributed by atoms with Gasteiger partial charge in [-0.15, -0.1) is 0 Å². The summed E-state index contributed by atoms with van der Waals surface area (Å²) in [5.41, 5.74) is -0.318. The van der Waals surface area contributed by atoms with Crippen LogP contribution in [0.2, 0.25) is 0 Å². The summed E-state index contributed by atoms with van der Waals surface area (Å²) < 4.78 is 0. The van der Waals surface area contributed by atoms with Gasteiger partial charge in [0.05, 0.1) is 6.54 Å². The summed E-state index contributed by atoms with van der Waals surface area (Å²) in [7, 11) is 0. The zero-order chi connectivity index (χ0) is 13.0. The highest BCUT2D eigenvalue weighted by molar-refractivity contribution is 5.88. The first-order chi connectivity index (χ1) is 7.08. The predicted octanol–water partition coefficient (Wildman–Crippen LogP) is 2.54. The van der Waals surface area contributed by atoms with Crippen LogP contribution in [-0.4, -0.2) is 18.2 Å². The van der Waals surface area contributed by atoms with Gasteiger partial charge in [-0.3, -0.25) is 9.59 Å². The number of amides is 1. The molecule has 0 aromatic carbocycles. The number of Topliss-reactive ketones (excluding diaryl/α,β-unsaturated/α-hetero) is 1. The third-order valence-electron chi connectivity index (χ3n) is 2.43. The van der Waals surface area contributed by atoms with Crippen molar-refractivity contribution >= 4 is 11.7 Å². The van der Waals surface area contributed by atoms with Gasteiger partial charge in [-0.05, 0) is 11.8 Å². The van der Waals surface area contributed by atoms with Crippen LogP contribution in [0.5, 0.6) is 0 Å². The van der Waals surface area contributed by atoms with E-state index < -0.39 is 5.41 Å². The zero-order valence-electron chi connectivity index (χ0n) is 11.4. The van der Waals surface area contributed by atoms with Crippen molar-refractivity contribution in [1.82, 2.24) is 5.32 Å². The van der Waals surface area contributed by atoms with E-state index in [0.29, 0.717) is 6.42 Å². The Kier molecular flexibility index (Phi) is 5.17. The van der Waals surface area contributed by atoms with Crippen molar-refractivity contribution in [2.75, 3.05) is 6.54 Å². The van der Waals surface area contributed by atoms with E-state index in [2.05, 4.69) is 26.1 Å². The summed E-state index contributed by atoms with van der Waals surface area (Å²) in [5, 5.41) is 2.71. The molecule has 0 aromatic heterocycles. The second-order valence-corrected chi connectivity index (χ2v) is 6.20. The Morgan fingerprint density at radius 3 is 1.94 bits per heavy atom. The molecular formula is C13H25NO2. The normalized spacial score (nSPS) is 12.4. The third kappa shape index (κ3) is 5.89. The van der Waals surface area contributed by atoms with Crippen molar-refractivity contribution in [3.8, 4) is 0 Å². The summed E-state index contributed by atoms with van der Waals surface area (Å²) in [4.78, 5) is 23.0. The molecule has 0 heterocycles. The SMILES string of the molecule is CCC(=O)CNC(=O)C(C)(C)CC(C)(C)C. The lowest BCUT2D eigenvalue weighted by Crippen LogP contribution is -2.41. The molecule has 0 bridgehead atoms. The fourth-order valence-electron chi connectivity index (χ4n) is 1.95. The number of nitrogens with one attached hydrogen (secondary N) is 1. The summed E-state index contributed by atoms with van der Waals surface area (Å²) in [6.07, 6.45) is 1.27. The fourth-order valence-corrected chi connectivity index (χ4v) is 1.95. The van der Waals surface area contributed by atoms with E-state index in [4.69, 9.17) is 0 Å². The molecule has 1 amide bonds. The second kappa shape index (κ2) is 5.46. The van der Waals surface area contributed by atoms with Crippen molar-refractivity contribution in [1.29, 1.82) is 0 Å². The predicted molar refractivity (Wildman–Crippen MR) is 66.2 cm³/mol. The van der Waals surface area contributed by atoms with Gasteiger partial charge in [0, 0.05) is 11.8 Å². The molecule has 0 fully saturated rings. The maximum Gasteiger partial charge on any atom is 0.226 e. The number of hydrogen-bond donors (Lipinski definition) is 1. The summed E-state index contributed by atoms with van der Waals surface area (Å²) in [6.45, 7) is 12.1. The smallest absolute Gasteiger partial charge is 0.226 e. The summed E-state index contributed by atoms with van der Waals surface area (Å²) in [6, 6.07) is 0. The lowest BCUT2D eigenvalue weighted by atomic mass is 9.76. The maximum atomic E-state index is 11.9. The van der Waals surface area contributed by atoms with E-state index in [-0.39, 0.29) is 23.7 Å². The van der Waals surface area contributed by atoms with Crippen LogP contribution in [0, 0.1) is 10.8 Å². The standard InChI is InChI=1S/C13H25NO2/c1-7-10(15)8-14-11(16)13(5,6)9-12(2,3)4/h7-9H2,1-6H3,(H,14,16). The lowest BCUT2D eigenvalue weighted by Gasteiger charge is -2.31. The Morgan fingerprint density at radius 1 is 1.06 bits per heavy atom. The van der Waals surface area contributed by atoms with E-state index >= 15 is 0 Å². The van der Waals surface area contributed by atoms with Crippen LogP contribution >= 0.6 is 0 Å². The third-order valence-corrected chi connectivity index (χ3v) is 2.43. The van der Waals surface area contributed by atoms with Gasteiger partial charge >= 0.3 is 0 Å². The number of rotatable bonds is 5. The Balaban J connectivity index is 4.30. The van der Waals surface area contributed by atoms with Crippen molar-refractivity contribution in [3.63, 3.8) is 0 Å². The molecule has 94 valence electrons. The molecule has 16 heavy (non-hydrogen) atoms. The van der Waals surface area contributed by atoms with Gasteiger partial charge in [-0.1, -0.05) is 41.5 Å². The van der Waals surface area contributed by atoms with Crippen LogP contribution in [0.15, 0.2) is 0 Å². The lowest BCUT2D eigenvalue weighted by molar-refractivity contribution is -0.132. The first kappa shape index (κ1) is 15.1. The molecule has 0 aliphatic heterocycles. The summed E-state index contributed by atoms with van der Waals surface area (Å²) in [5.74, 6) is 0.0316. The van der Waals surface area contributed by atoms with E-state index in [1.165, 1.54) is 0 Å². The zero-order valence-corrected chi connectivity index (χ0v) is 11.4. The van der Waals surface area contributed by atoms with Crippen LogP contribution in [0.1, 0.15) is 54.4 Å². The average molecular weight is 227 g/mol. The molecule has 1 N–H and O–H groups in total. The number of hydrogen-bond acceptors (Lipinski definition) is 2. The van der Waals surface area contributed by atoms with Crippen LogP contribution in [-0.2, 0) is 9.59 Å². The van der Waals surface area contributed by atoms with Gasteiger partial charge in [0.2, 0.25) is 5.91 Å². The first-order valence-corrected chi connectivity index (χ1v) is 5.88. The monoisotopic (exact) mass is 227 g/mol. The molecule has 0 aliphatic rings. The minimum atomic E-state index is -0.424. The van der Waals surface area contributed by atoms with E-state index in [1.807, 2.05) is 13.8 Å². The Bertz CT molecular complexity index is 262. The van der Waals surface area contributed by atoms with Crippen molar-refractivity contribution < 1.29 is 9.59 Å². The molecular weight excluding hydrogens is 202 g/mol. The van der Waals surface area contributed by atoms with Gasteiger partial charge in [0.1, 0.15) is 0 Å². The Hall–Kier alpha value is -0.860. The van der Waals surface area contributed by atoms with E-state index in [1.54, 1.807) is 6.92 Å². The molecule has 0 rings (SSSR count). The van der Waals surface area contributed by atoms with Crippen molar-refractivity contribution in [2.24, 2.45) is 10.8 Å². The molecule has 0 saturated carbocycles. The molecule has 0 radical (unpaired) electrons. The molecule has 0 atom stereocenters. The quantitative estimate of drug-likeness (QED) is 0.784. The highest BCUT2D eigenvalue weighted by Gasteiger charge is 2.32. The van der Waals surface area contributed by atoms with Gasteiger partial charge in [0.25, 0.3) is 0 Å². The molecule has 0 aliphatic carbocycles. The Morgan fingerprint density at radius 2 is 1.56 bits per heavy atom. The van der Waals surface area contributed by atoms with Gasteiger partial charge in [-0.2, -0.15) is 0 Å². The van der Waals surface area contributed by atoms with Gasteiger partial charge in [-0.25, -0.2) is 0 Å². The van der Waals surface area contributed by atoms with Gasteiger partial charge in [0.15, 0.2) is 5.78 Å². The van der Waals surface area contributed by atoms with Gasteiger partial charge < -0.3 is 5.32 Å². The number of carbonyl (C=O) groups excluding carboxylic acids is 2. The minimum absolute atomic E-state index is 0.0378. The largest absolute Gasteiger partial charge is 0.349 e. The van der Waals surface area contributed by atoms with Crippen molar-refractivity contribution in [3.05, 3.63) is 0 Å². The topological polar surface area (TPSA) is 46.2 Å². The fraction of sp³-hybridized carbons (Fsp3) is 0.846. The maximum absolute atomic E-state index is 11.9. The number of carbonyl (C=O) groups is 2. The first-order valence-electron chi connectivity index (χ1n) is 5.88. The van der Waals surface area contributed by atoms with Crippen LogP contribution < -0.4 is 5.32 Å².